The number of terminal acetylenes is 1. The van der Waals surface area contributed by atoms with Crippen LogP contribution in [0.2, 0.25) is 0 Å². The summed E-state index contributed by atoms with van der Waals surface area (Å²) < 4.78 is 22.5. The molecular weight excluding hydrogens is 358 g/mol. The highest BCUT2D eigenvalue weighted by molar-refractivity contribution is 5.70. The van der Waals surface area contributed by atoms with Crippen LogP contribution in [0, 0.1) is 12.3 Å². The molecule has 1 atom stereocenters. The van der Waals surface area contributed by atoms with Gasteiger partial charge in [-0.2, -0.15) is 0 Å². The number of nitrogens with zero attached hydrogens (tertiary/aromatic N) is 1. The maximum absolute atomic E-state index is 12.2. The quantitative estimate of drug-likeness (QED) is 0.473. The molecule has 0 aliphatic carbocycles. The van der Waals surface area contributed by atoms with Gasteiger partial charge in [-0.25, -0.2) is 4.79 Å². The van der Waals surface area contributed by atoms with Crippen LogP contribution in [0.25, 0.3) is 0 Å². The number of carbonyl (C=O) groups is 1. The number of amides is 1. The molecule has 28 heavy (non-hydrogen) atoms. The van der Waals surface area contributed by atoms with Crippen molar-refractivity contribution in [2.75, 3.05) is 26.3 Å². The average Bonchev–Trinajstić information content (AvgIpc) is 3.03. The van der Waals surface area contributed by atoms with Gasteiger partial charge in [0, 0.05) is 39.0 Å². The molecule has 152 valence electrons. The molecule has 0 aromatic heterocycles. The van der Waals surface area contributed by atoms with Gasteiger partial charge in [0.1, 0.15) is 11.9 Å². The van der Waals surface area contributed by atoms with Crippen LogP contribution in [-0.2, 0) is 20.8 Å². The maximum atomic E-state index is 12.2. The molecule has 0 spiro atoms. The fraction of sp³-hybridized carbons (Fsp3) is 0.591. The molecule has 0 radical (unpaired) electrons. The van der Waals surface area contributed by atoms with E-state index in [0.717, 1.165) is 36.1 Å². The van der Waals surface area contributed by atoms with Crippen molar-refractivity contribution in [3.8, 4) is 18.1 Å². The summed E-state index contributed by atoms with van der Waals surface area (Å²) in [6.07, 6.45) is 8.24. The van der Waals surface area contributed by atoms with Gasteiger partial charge in [-0.1, -0.05) is 6.07 Å². The van der Waals surface area contributed by atoms with Crippen molar-refractivity contribution in [3.63, 3.8) is 0 Å². The van der Waals surface area contributed by atoms with Crippen LogP contribution in [0.15, 0.2) is 18.2 Å². The summed E-state index contributed by atoms with van der Waals surface area (Å²) >= 11 is 0. The lowest BCUT2D eigenvalue weighted by molar-refractivity contribution is -0.180. The van der Waals surface area contributed by atoms with Gasteiger partial charge < -0.3 is 23.8 Å². The number of benzene rings is 1. The van der Waals surface area contributed by atoms with Crippen LogP contribution in [0.5, 0.6) is 5.75 Å². The Kier molecular flexibility index (Phi) is 6.82. The molecule has 2 aliphatic heterocycles. The number of fused-ring (bicyclic) bond motifs is 1. The third-order valence-corrected chi connectivity index (χ3v) is 4.88. The minimum Gasteiger partial charge on any atom is -0.463 e. The smallest absolute Gasteiger partial charge is 0.410 e. The van der Waals surface area contributed by atoms with Crippen molar-refractivity contribution < 1.29 is 23.7 Å². The molecule has 6 heteroatoms. The highest BCUT2D eigenvalue weighted by atomic mass is 16.7. The van der Waals surface area contributed by atoms with Crippen LogP contribution in [0.3, 0.4) is 0 Å². The van der Waals surface area contributed by atoms with E-state index < -0.39 is 5.79 Å². The first kappa shape index (κ1) is 20.5. The van der Waals surface area contributed by atoms with Crippen molar-refractivity contribution in [3.05, 3.63) is 29.3 Å². The Bertz CT molecular complexity index is 724. The van der Waals surface area contributed by atoms with Crippen LogP contribution in [0.1, 0.15) is 56.8 Å². The van der Waals surface area contributed by atoms with E-state index in [0.29, 0.717) is 39.3 Å². The van der Waals surface area contributed by atoms with Crippen LogP contribution in [-0.4, -0.2) is 43.1 Å². The van der Waals surface area contributed by atoms with E-state index in [1.165, 1.54) is 0 Å². The van der Waals surface area contributed by atoms with E-state index in [1.807, 2.05) is 32.0 Å². The lowest BCUT2D eigenvalue weighted by Crippen LogP contribution is -2.35. The molecule has 3 rings (SSSR count). The summed E-state index contributed by atoms with van der Waals surface area (Å²) in [5.74, 6) is 2.76. The first-order valence-electron chi connectivity index (χ1n) is 9.91. The molecule has 1 saturated heterocycles. The fourth-order valence-electron chi connectivity index (χ4n) is 3.34. The molecule has 1 aromatic carbocycles. The molecule has 1 fully saturated rings. The first-order chi connectivity index (χ1) is 13.5. The predicted molar refractivity (Wildman–Crippen MR) is 105 cm³/mol. The Labute approximate surface area is 167 Å². The SMILES string of the molecule is C#CCCOCCCCCN1C[C@@H](c2ccc3c(c2)COC(C)(C)O3)OC1=O. The molecule has 1 amide bonds. The summed E-state index contributed by atoms with van der Waals surface area (Å²) in [6, 6.07) is 5.92. The Morgan fingerprint density at radius 1 is 1.29 bits per heavy atom. The Balaban J connectivity index is 1.44. The van der Waals surface area contributed by atoms with Gasteiger partial charge in [0.2, 0.25) is 5.79 Å². The highest BCUT2D eigenvalue weighted by Gasteiger charge is 2.33. The van der Waals surface area contributed by atoms with Crippen LogP contribution in [0.4, 0.5) is 4.79 Å². The summed E-state index contributed by atoms with van der Waals surface area (Å²) in [7, 11) is 0. The molecule has 6 nitrogen and oxygen atoms in total. The van der Waals surface area contributed by atoms with Crippen LogP contribution >= 0.6 is 0 Å². The van der Waals surface area contributed by atoms with Gasteiger partial charge in [-0.15, -0.1) is 12.3 Å². The van der Waals surface area contributed by atoms with Crippen molar-refractivity contribution in [1.29, 1.82) is 0 Å². The predicted octanol–water partition coefficient (Wildman–Crippen LogP) is 4.04. The standard InChI is InChI=1S/C22H29NO5/c1-4-5-12-25-13-8-6-7-11-23-15-20(27-21(23)24)17-9-10-19-18(14-17)16-26-22(2,3)28-19/h1,9-10,14,20H,5-8,11-13,15-16H2,2-3H3/t20-/m0/s1. The molecule has 0 unspecified atom stereocenters. The summed E-state index contributed by atoms with van der Waals surface area (Å²) in [5, 5.41) is 0. The molecular formula is C22H29NO5. The molecule has 2 aliphatic rings. The Morgan fingerprint density at radius 2 is 2.14 bits per heavy atom. The van der Waals surface area contributed by atoms with E-state index in [-0.39, 0.29) is 12.2 Å². The molecule has 0 N–H and O–H groups in total. The summed E-state index contributed by atoms with van der Waals surface area (Å²) in [5.41, 5.74) is 1.96. The average molecular weight is 387 g/mol. The number of hydrogen-bond donors (Lipinski definition) is 0. The van der Waals surface area contributed by atoms with Gasteiger partial charge in [-0.05, 0) is 37.0 Å². The lowest BCUT2D eigenvalue weighted by atomic mass is 10.0. The zero-order valence-electron chi connectivity index (χ0n) is 16.7. The van der Waals surface area contributed by atoms with Crippen molar-refractivity contribution in [1.82, 2.24) is 4.90 Å². The summed E-state index contributed by atoms with van der Waals surface area (Å²) in [4.78, 5) is 14.0. The lowest BCUT2D eigenvalue weighted by Gasteiger charge is -2.32. The largest absolute Gasteiger partial charge is 0.463 e. The van der Waals surface area contributed by atoms with E-state index in [2.05, 4.69) is 5.92 Å². The van der Waals surface area contributed by atoms with Crippen molar-refractivity contribution in [2.45, 2.75) is 58.0 Å². The zero-order chi connectivity index (χ0) is 20.0. The molecule has 2 heterocycles. The van der Waals surface area contributed by atoms with Crippen molar-refractivity contribution >= 4 is 6.09 Å². The van der Waals surface area contributed by atoms with Gasteiger partial charge in [0.15, 0.2) is 0 Å². The van der Waals surface area contributed by atoms with Crippen molar-refractivity contribution in [2.24, 2.45) is 0 Å². The Morgan fingerprint density at radius 3 is 2.96 bits per heavy atom. The maximum Gasteiger partial charge on any atom is 0.410 e. The topological polar surface area (TPSA) is 57.2 Å². The number of hydrogen-bond acceptors (Lipinski definition) is 5. The normalized spacial score (nSPS) is 20.2. The minimum atomic E-state index is -0.614. The number of cyclic esters (lactones) is 1. The highest BCUT2D eigenvalue weighted by Crippen LogP contribution is 2.35. The number of unbranched alkanes of at least 4 members (excludes halogenated alkanes) is 2. The summed E-state index contributed by atoms with van der Waals surface area (Å²) in [6.45, 7) is 6.88. The van der Waals surface area contributed by atoms with Gasteiger partial charge in [-0.3, -0.25) is 0 Å². The van der Waals surface area contributed by atoms with Gasteiger partial charge in [0.05, 0.1) is 19.8 Å². The second kappa shape index (κ2) is 9.31. The van der Waals surface area contributed by atoms with E-state index in [9.17, 15) is 4.79 Å². The third kappa shape index (κ3) is 5.40. The Hall–Kier alpha value is -2.23. The van der Waals surface area contributed by atoms with Gasteiger partial charge >= 0.3 is 6.09 Å². The third-order valence-electron chi connectivity index (χ3n) is 4.88. The van der Waals surface area contributed by atoms with E-state index >= 15 is 0 Å². The number of carbonyl (C=O) groups excluding carboxylic acids is 1. The monoisotopic (exact) mass is 387 g/mol. The second-order valence-electron chi connectivity index (χ2n) is 7.60. The van der Waals surface area contributed by atoms with E-state index in [4.69, 9.17) is 25.4 Å². The van der Waals surface area contributed by atoms with E-state index in [1.54, 1.807) is 4.90 Å². The van der Waals surface area contributed by atoms with Crippen LogP contribution < -0.4 is 4.74 Å². The molecule has 0 bridgehead atoms. The molecule has 1 aromatic rings. The zero-order valence-corrected chi connectivity index (χ0v) is 16.7. The first-order valence-corrected chi connectivity index (χ1v) is 9.91. The molecule has 0 saturated carbocycles. The van der Waals surface area contributed by atoms with Gasteiger partial charge in [0.25, 0.3) is 0 Å². The number of ether oxygens (including phenoxy) is 4. The minimum absolute atomic E-state index is 0.248. The number of rotatable bonds is 9. The second-order valence-corrected chi connectivity index (χ2v) is 7.60. The fourth-order valence-corrected chi connectivity index (χ4v) is 3.34.